The molecule has 0 radical (unpaired) electrons. The van der Waals surface area contributed by atoms with E-state index in [0.717, 1.165) is 25.8 Å². The van der Waals surface area contributed by atoms with Gasteiger partial charge >= 0.3 is 0 Å². The number of amides is 2. The van der Waals surface area contributed by atoms with Crippen LogP contribution < -0.4 is 5.32 Å². The van der Waals surface area contributed by atoms with Crippen molar-refractivity contribution in [2.24, 2.45) is 0 Å². The van der Waals surface area contributed by atoms with Crippen LogP contribution in [-0.2, 0) is 0 Å². The Morgan fingerprint density at radius 1 is 1.10 bits per heavy atom. The Morgan fingerprint density at radius 2 is 1.93 bits per heavy atom. The first-order chi connectivity index (χ1) is 14.7. The largest absolute Gasteiger partial charge is 0.459 e. The van der Waals surface area contributed by atoms with Crippen molar-refractivity contribution in [1.29, 1.82) is 0 Å². The number of carbonyl (C=O) groups is 2. The maximum absolute atomic E-state index is 13.4. The molecule has 0 bridgehead atoms. The van der Waals surface area contributed by atoms with Crippen molar-refractivity contribution in [3.8, 4) is 0 Å². The van der Waals surface area contributed by atoms with Crippen LogP contribution in [0.4, 0.5) is 5.69 Å². The lowest BCUT2D eigenvalue weighted by Crippen LogP contribution is -2.39. The lowest BCUT2D eigenvalue weighted by atomic mass is 9.87. The summed E-state index contributed by atoms with van der Waals surface area (Å²) in [6, 6.07) is 21.0. The van der Waals surface area contributed by atoms with E-state index in [2.05, 4.69) is 36.5 Å². The Hall–Kier alpha value is -3.34. The minimum atomic E-state index is -0.334. The first kappa shape index (κ1) is 20.0. The number of hydrogen-bond donors (Lipinski definition) is 1. The molecule has 5 nitrogen and oxygen atoms in total. The third-order valence-electron chi connectivity index (χ3n) is 5.80. The van der Waals surface area contributed by atoms with Gasteiger partial charge in [0.15, 0.2) is 5.76 Å². The molecule has 2 aromatic carbocycles. The fourth-order valence-corrected chi connectivity index (χ4v) is 4.39. The summed E-state index contributed by atoms with van der Waals surface area (Å²) in [5, 5.41) is 2.80. The van der Waals surface area contributed by atoms with Gasteiger partial charge in [-0.2, -0.15) is 0 Å². The molecule has 1 fully saturated rings. The highest BCUT2D eigenvalue weighted by molar-refractivity contribution is 6.03. The fraction of sp³-hybridized carbons (Fsp3) is 0.280. The number of anilines is 1. The second-order valence-electron chi connectivity index (χ2n) is 7.65. The van der Waals surface area contributed by atoms with Crippen LogP contribution in [-0.4, -0.2) is 29.3 Å². The molecule has 0 saturated carbocycles. The molecule has 2 heterocycles. The Balaban J connectivity index is 1.52. The summed E-state index contributed by atoms with van der Waals surface area (Å²) in [7, 11) is 0. The molecular weight excluding hydrogens is 376 g/mol. The van der Waals surface area contributed by atoms with Gasteiger partial charge < -0.3 is 14.6 Å². The summed E-state index contributed by atoms with van der Waals surface area (Å²) in [5.41, 5.74) is 2.44. The monoisotopic (exact) mass is 402 g/mol. The minimum Gasteiger partial charge on any atom is -0.459 e. The van der Waals surface area contributed by atoms with Gasteiger partial charge in [0.25, 0.3) is 11.8 Å². The summed E-state index contributed by atoms with van der Waals surface area (Å²) in [6.45, 7) is 2.94. The average molecular weight is 402 g/mol. The predicted molar refractivity (Wildman–Crippen MR) is 117 cm³/mol. The molecule has 2 atom stereocenters. The van der Waals surface area contributed by atoms with Gasteiger partial charge in [0.1, 0.15) is 0 Å². The average Bonchev–Trinajstić information content (AvgIpc) is 3.47. The van der Waals surface area contributed by atoms with Crippen molar-refractivity contribution in [2.75, 3.05) is 11.9 Å². The van der Waals surface area contributed by atoms with Crippen LogP contribution in [0.3, 0.4) is 0 Å². The maximum atomic E-state index is 13.4. The number of furan rings is 1. The van der Waals surface area contributed by atoms with Crippen molar-refractivity contribution in [3.05, 3.63) is 89.9 Å². The molecular formula is C25H26N2O3. The summed E-state index contributed by atoms with van der Waals surface area (Å²) >= 11 is 0. The molecule has 0 aliphatic carbocycles. The molecule has 1 N–H and O–H groups in total. The zero-order chi connectivity index (χ0) is 20.9. The van der Waals surface area contributed by atoms with Gasteiger partial charge in [-0.3, -0.25) is 9.59 Å². The van der Waals surface area contributed by atoms with Gasteiger partial charge in [-0.1, -0.05) is 43.3 Å². The molecule has 0 spiro atoms. The predicted octanol–water partition coefficient (Wildman–Crippen LogP) is 5.33. The number of nitrogens with one attached hydrogen (secondary N) is 1. The summed E-state index contributed by atoms with van der Waals surface area (Å²) in [5.74, 6) is 0.235. The number of likely N-dealkylation sites (tertiary alicyclic amines) is 1. The van der Waals surface area contributed by atoms with E-state index in [1.807, 2.05) is 17.0 Å². The standard InChI is InChI=1S/C25H26N2O3/c1-2-21(18-9-4-3-5-10-18)22-13-7-15-27(22)25(29)19-11-6-12-20(17-19)26-24(28)23-14-8-16-30-23/h3-6,8-12,14,16-17,21-22H,2,7,13,15H2,1H3,(H,26,28)/t21-,22-/m0/s1. The second-order valence-corrected chi connectivity index (χ2v) is 7.65. The van der Waals surface area contributed by atoms with Crippen LogP contribution in [0.25, 0.3) is 0 Å². The molecule has 5 heteroatoms. The van der Waals surface area contributed by atoms with Gasteiger partial charge in [-0.25, -0.2) is 0 Å². The van der Waals surface area contributed by atoms with Crippen LogP contribution in [0, 0.1) is 0 Å². The lowest BCUT2D eigenvalue weighted by molar-refractivity contribution is 0.0714. The Bertz CT molecular complexity index is 998. The maximum Gasteiger partial charge on any atom is 0.291 e. The summed E-state index contributed by atoms with van der Waals surface area (Å²) in [4.78, 5) is 27.6. The van der Waals surface area contributed by atoms with Crippen molar-refractivity contribution < 1.29 is 14.0 Å². The second kappa shape index (κ2) is 8.99. The van der Waals surface area contributed by atoms with Crippen LogP contribution in [0.2, 0.25) is 0 Å². The van der Waals surface area contributed by atoms with Crippen LogP contribution in [0.15, 0.2) is 77.4 Å². The van der Waals surface area contributed by atoms with Gasteiger partial charge in [-0.15, -0.1) is 0 Å². The van der Waals surface area contributed by atoms with Crippen molar-refractivity contribution in [3.63, 3.8) is 0 Å². The SMILES string of the molecule is CC[C@@H](c1ccccc1)[C@@H]1CCCN1C(=O)c1cccc(NC(=O)c2ccco2)c1. The quantitative estimate of drug-likeness (QED) is 0.606. The highest BCUT2D eigenvalue weighted by Crippen LogP contribution is 2.34. The van der Waals surface area contributed by atoms with E-state index >= 15 is 0 Å². The van der Waals surface area contributed by atoms with E-state index in [4.69, 9.17) is 4.42 Å². The number of nitrogens with zero attached hydrogens (tertiary/aromatic N) is 1. The number of hydrogen-bond acceptors (Lipinski definition) is 3. The highest BCUT2D eigenvalue weighted by Gasteiger charge is 2.35. The Kier molecular flexibility index (Phi) is 5.98. The summed E-state index contributed by atoms with van der Waals surface area (Å²) in [6.07, 6.45) is 4.46. The van der Waals surface area contributed by atoms with Crippen molar-refractivity contribution in [1.82, 2.24) is 4.90 Å². The third-order valence-corrected chi connectivity index (χ3v) is 5.80. The smallest absolute Gasteiger partial charge is 0.291 e. The van der Waals surface area contributed by atoms with E-state index in [9.17, 15) is 9.59 Å². The molecule has 1 saturated heterocycles. The van der Waals surface area contributed by atoms with Crippen molar-refractivity contribution >= 4 is 17.5 Å². The highest BCUT2D eigenvalue weighted by atomic mass is 16.3. The molecule has 1 aromatic heterocycles. The normalized spacial score (nSPS) is 17.0. The molecule has 3 aromatic rings. The van der Waals surface area contributed by atoms with E-state index in [1.165, 1.54) is 11.8 Å². The van der Waals surface area contributed by atoms with E-state index in [0.29, 0.717) is 17.2 Å². The zero-order valence-corrected chi connectivity index (χ0v) is 17.1. The number of benzene rings is 2. The Labute approximate surface area is 176 Å². The molecule has 1 aliphatic heterocycles. The molecule has 30 heavy (non-hydrogen) atoms. The van der Waals surface area contributed by atoms with Crippen LogP contribution in [0.1, 0.15) is 58.6 Å². The molecule has 4 rings (SSSR count). The Morgan fingerprint density at radius 3 is 2.67 bits per heavy atom. The van der Waals surface area contributed by atoms with Gasteiger partial charge in [0.2, 0.25) is 0 Å². The lowest BCUT2D eigenvalue weighted by Gasteiger charge is -2.32. The van der Waals surface area contributed by atoms with Gasteiger partial charge in [0.05, 0.1) is 6.26 Å². The zero-order valence-electron chi connectivity index (χ0n) is 17.1. The first-order valence-corrected chi connectivity index (χ1v) is 10.5. The first-order valence-electron chi connectivity index (χ1n) is 10.5. The van der Waals surface area contributed by atoms with E-state index in [-0.39, 0.29) is 23.6 Å². The van der Waals surface area contributed by atoms with Gasteiger partial charge in [-0.05, 0) is 55.2 Å². The minimum absolute atomic E-state index is 0.0148. The van der Waals surface area contributed by atoms with Crippen molar-refractivity contribution in [2.45, 2.75) is 38.1 Å². The number of rotatable bonds is 6. The van der Waals surface area contributed by atoms with Gasteiger partial charge in [0, 0.05) is 29.8 Å². The number of carbonyl (C=O) groups excluding carboxylic acids is 2. The van der Waals surface area contributed by atoms with Crippen LogP contribution >= 0.6 is 0 Å². The van der Waals surface area contributed by atoms with Crippen LogP contribution in [0.5, 0.6) is 0 Å². The topological polar surface area (TPSA) is 62.6 Å². The van der Waals surface area contributed by atoms with E-state index < -0.39 is 0 Å². The molecule has 0 unspecified atom stereocenters. The third kappa shape index (κ3) is 4.15. The summed E-state index contributed by atoms with van der Waals surface area (Å²) < 4.78 is 5.13. The molecule has 2 amide bonds. The van der Waals surface area contributed by atoms with E-state index in [1.54, 1.807) is 30.3 Å². The molecule has 1 aliphatic rings. The molecule has 154 valence electrons. The fourth-order valence-electron chi connectivity index (χ4n) is 4.39.